The van der Waals surface area contributed by atoms with Crippen LogP contribution >= 0.6 is 0 Å². The van der Waals surface area contributed by atoms with Crippen molar-refractivity contribution in [3.05, 3.63) is 23.7 Å². The molecule has 0 amide bonds. The molecule has 2 aliphatic carbocycles. The molecule has 0 aromatic carbocycles. The van der Waals surface area contributed by atoms with Gasteiger partial charge in [-0.25, -0.2) is 0 Å². The quantitative estimate of drug-likeness (QED) is 0.736. The van der Waals surface area contributed by atoms with Crippen LogP contribution in [0.1, 0.15) is 49.9 Å². The molecular weight excluding hydrogens is 405 g/mol. The Balaban J connectivity index is 1.25. The molecular formula is C22H27F3N6. The van der Waals surface area contributed by atoms with E-state index in [1.807, 2.05) is 16.7 Å². The highest BCUT2D eigenvalue weighted by Crippen LogP contribution is 2.39. The smallest absolute Gasteiger partial charge is 0.368 e. The first-order valence-corrected chi connectivity index (χ1v) is 11.3. The number of rotatable bonds is 4. The minimum Gasteiger partial charge on any atom is -0.368 e. The van der Waals surface area contributed by atoms with Gasteiger partial charge in [-0.15, -0.1) is 10.2 Å². The van der Waals surface area contributed by atoms with Gasteiger partial charge in [-0.05, 0) is 50.5 Å². The van der Waals surface area contributed by atoms with Crippen molar-refractivity contribution < 1.29 is 13.2 Å². The molecule has 0 N–H and O–H groups in total. The Hall–Kier alpha value is -2.34. The number of pyridine rings is 1. The Morgan fingerprint density at radius 1 is 1.00 bits per heavy atom. The third-order valence-corrected chi connectivity index (χ3v) is 7.24. The maximum absolute atomic E-state index is 12.9. The van der Waals surface area contributed by atoms with Crippen molar-refractivity contribution in [2.45, 2.75) is 57.2 Å². The lowest BCUT2D eigenvalue weighted by molar-refractivity contribution is -0.184. The summed E-state index contributed by atoms with van der Waals surface area (Å²) in [5.74, 6) is 0.472. The molecule has 1 saturated heterocycles. The molecule has 0 unspecified atom stereocenters. The van der Waals surface area contributed by atoms with E-state index in [0.717, 1.165) is 44.1 Å². The number of anilines is 1. The van der Waals surface area contributed by atoms with E-state index in [0.29, 0.717) is 30.0 Å². The van der Waals surface area contributed by atoms with Crippen LogP contribution in [0.3, 0.4) is 0 Å². The van der Waals surface area contributed by atoms with Gasteiger partial charge in [0.2, 0.25) is 0 Å². The highest BCUT2D eigenvalue weighted by Gasteiger charge is 2.42. The summed E-state index contributed by atoms with van der Waals surface area (Å²) >= 11 is 0. The van der Waals surface area contributed by atoms with E-state index in [-0.39, 0.29) is 18.9 Å². The molecule has 1 aliphatic heterocycles. The molecule has 0 spiro atoms. The van der Waals surface area contributed by atoms with E-state index in [2.05, 4.69) is 26.1 Å². The van der Waals surface area contributed by atoms with E-state index in [9.17, 15) is 18.4 Å². The van der Waals surface area contributed by atoms with Crippen molar-refractivity contribution in [1.29, 1.82) is 5.26 Å². The molecule has 0 atom stereocenters. The van der Waals surface area contributed by atoms with Gasteiger partial charge in [0.25, 0.3) is 0 Å². The summed E-state index contributed by atoms with van der Waals surface area (Å²) in [6.07, 6.45) is 2.98. The highest BCUT2D eigenvalue weighted by atomic mass is 19.4. The molecule has 0 radical (unpaired) electrons. The average Bonchev–Trinajstić information content (AvgIpc) is 3.51. The molecule has 3 aliphatic rings. The van der Waals surface area contributed by atoms with Gasteiger partial charge >= 0.3 is 6.18 Å². The van der Waals surface area contributed by atoms with E-state index < -0.39 is 12.1 Å². The summed E-state index contributed by atoms with van der Waals surface area (Å²) in [5.41, 5.74) is 2.04. The zero-order valence-corrected chi connectivity index (χ0v) is 17.5. The number of alkyl halides is 3. The van der Waals surface area contributed by atoms with Crippen LogP contribution in [-0.4, -0.2) is 57.9 Å². The Labute approximate surface area is 179 Å². The first-order valence-electron chi connectivity index (χ1n) is 11.3. The number of nitrogens with zero attached hydrogens (tertiary/aromatic N) is 6. The molecule has 3 fully saturated rings. The van der Waals surface area contributed by atoms with Crippen LogP contribution in [0.2, 0.25) is 0 Å². The fourth-order valence-corrected chi connectivity index (χ4v) is 5.18. The summed E-state index contributed by atoms with van der Waals surface area (Å²) in [5, 5.41) is 18.5. The molecule has 166 valence electrons. The first-order chi connectivity index (χ1) is 14.9. The normalized spacial score (nSPS) is 25.7. The Kier molecular flexibility index (Phi) is 5.29. The molecule has 2 saturated carbocycles. The van der Waals surface area contributed by atoms with Gasteiger partial charge in [0.15, 0.2) is 5.65 Å². The van der Waals surface area contributed by atoms with Crippen molar-refractivity contribution in [2.75, 3.05) is 31.1 Å². The zero-order chi connectivity index (χ0) is 21.6. The van der Waals surface area contributed by atoms with Crippen LogP contribution in [0.15, 0.2) is 12.3 Å². The second-order valence-corrected chi connectivity index (χ2v) is 9.22. The standard InChI is InChI=1S/C22H27F3N6/c23-22(24,25)16-3-5-17(6-4-16)29-9-11-30(12-10-29)19-7-8-31-20(13-15-1-2-15)27-28-21(31)18(19)14-26/h7-8,15-17H,1-6,9-13H2. The lowest BCUT2D eigenvalue weighted by atomic mass is 9.84. The minimum atomic E-state index is -4.06. The number of nitriles is 1. The Bertz CT molecular complexity index is 974. The average molecular weight is 432 g/mol. The van der Waals surface area contributed by atoms with Gasteiger partial charge in [0.05, 0.1) is 11.6 Å². The van der Waals surface area contributed by atoms with Crippen LogP contribution < -0.4 is 4.90 Å². The van der Waals surface area contributed by atoms with Gasteiger partial charge in [0.1, 0.15) is 17.5 Å². The van der Waals surface area contributed by atoms with Crippen LogP contribution in [0.25, 0.3) is 5.65 Å². The monoisotopic (exact) mass is 432 g/mol. The number of fused-ring (bicyclic) bond motifs is 1. The van der Waals surface area contributed by atoms with Gasteiger partial charge in [-0.1, -0.05) is 0 Å². The molecule has 2 aromatic heterocycles. The first kappa shape index (κ1) is 20.6. The molecule has 6 nitrogen and oxygen atoms in total. The summed E-state index contributed by atoms with van der Waals surface area (Å²) in [4.78, 5) is 4.53. The van der Waals surface area contributed by atoms with Gasteiger partial charge in [-0.3, -0.25) is 9.30 Å². The topological polar surface area (TPSA) is 60.5 Å². The molecule has 31 heavy (non-hydrogen) atoms. The van der Waals surface area contributed by atoms with Crippen molar-refractivity contribution in [3.63, 3.8) is 0 Å². The van der Waals surface area contributed by atoms with Crippen molar-refractivity contribution in [3.8, 4) is 6.07 Å². The predicted octanol–water partition coefficient (Wildman–Crippen LogP) is 3.80. The van der Waals surface area contributed by atoms with Crippen LogP contribution in [0, 0.1) is 23.2 Å². The number of piperazine rings is 1. The van der Waals surface area contributed by atoms with E-state index >= 15 is 0 Å². The molecule has 2 aromatic rings. The predicted molar refractivity (Wildman–Crippen MR) is 110 cm³/mol. The van der Waals surface area contributed by atoms with Crippen LogP contribution in [0.5, 0.6) is 0 Å². The largest absolute Gasteiger partial charge is 0.391 e. The SMILES string of the molecule is N#Cc1c(N2CCN(C3CCC(C(F)(F)F)CC3)CC2)ccn2c(CC3CC3)nnc12. The van der Waals surface area contributed by atoms with E-state index in [4.69, 9.17) is 0 Å². The second kappa shape index (κ2) is 7.97. The fourth-order valence-electron chi connectivity index (χ4n) is 5.18. The molecule has 9 heteroatoms. The fraction of sp³-hybridized carbons (Fsp3) is 0.682. The Morgan fingerprint density at radius 3 is 2.32 bits per heavy atom. The van der Waals surface area contributed by atoms with E-state index in [1.165, 1.54) is 12.8 Å². The molecule has 0 bridgehead atoms. The van der Waals surface area contributed by atoms with Crippen molar-refractivity contribution in [2.24, 2.45) is 11.8 Å². The van der Waals surface area contributed by atoms with Crippen molar-refractivity contribution >= 4 is 11.3 Å². The van der Waals surface area contributed by atoms with Crippen LogP contribution in [0.4, 0.5) is 18.9 Å². The van der Waals surface area contributed by atoms with Gasteiger partial charge in [-0.2, -0.15) is 18.4 Å². The highest BCUT2D eigenvalue weighted by molar-refractivity contribution is 5.71. The minimum absolute atomic E-state index is 0.236. The maximum Gasteiger partial charge on any atom is 0.391 e. The molecule has 3 heterocycles. The van der Waals surface area contributed by atoms with E-state index in [1.54, 1.807) is 0 Å². The second-order valence-electron chi connectivity index (χ2n) is 9.22. The Morgan fingerprint density at radius 2 is 1.71 bits per heavy atom. The summed E-state index contributed by atoms with van der Waals surface area (Å²) < 4.78 is 40.8. The summed E-state index contributed by atoms with van der Waals surface area (Å²) in [6, 6.07) is 4.54. The van der Waals surface area contributed by atoms with Crippen molar-refractivity contribution in [1.82, 2.24) is 19.5 Å². The summed E-state index contributed by atoms with van der Waals surface area (Å²) in [7, 11) is 0. The number of hydrogen-bond donors (Lipinski definition) is 0. The lowest BCUT2D eigenvalue weighted by Gasteiger charge is -2.43. The van der Waals surface area contributed by atoms with Gasteiger partial charge < -0.3 is 4.90 Å². The number of hydrogen-bond acceptors (Lipinski definition) is 5. The summed E-state index contributed by atoms with van der Waals surface area (Å²) in [6.45, 7) is 3.12. The zero-order valence-electron chi connectivity index (χ0n) is 17.5. The lowest BCUT2D eigenvalue weighted by Crippen LogP contribution is -2.51. The van der Waals surface area contributed by atoms with Crippen LogP contribution in [-0.2, 0) is 6.42 Å². The van der Waals surface area contributed by atoms with Gasteiger partial charge in [0, 0.05) is 44.8 Å². The maximum atomic E-state index is 12.9. The third kappa shape index (κ3) is 4.10. The number of aromatic nitrogens is 3. The molecule has 5 rings (SSSR count). The third-order valence-electron chi connectivity index (χ3n) is 7.24. The number of halogens is 3.